The standard InChI is InChI=1S/C14H18ClNO2/c15-12-6-2-1-5-11(12)9-13(17)16-10-14(18)7-3-4-8-14/h1-2,5-6,18H,3-4,7-10H2,(H,16,17). The first-order valence-electron chi connectivity index (χ1n) is 6.32. The van der Waals surface area contributed by atoms with Crippen LogP contribution in [-0.4, -0.2) is 23.2 Å². The molecule has 0 heterocycles. The minimum absolute atomic E-state index is 0.0941. The van der Waals surface area contributed by atoms with Gasteiger partial charge in [-0.15, -0.1) is 0 Å². The molecule has 1 amide bonds. The zero-order valence-corrected chi connectivity index (χ0v) is 11.0. The van der Waals surface area contributed by atoms with Crippen molar-refractivity contribution in [2.45, 2.75) is 37.7 Å². The van der Waals surface area contributed by atoms with Gasteiger partial charge in [0, 0.05) is 11.6 Å². The summed E-state index contributed by atoms with van der Waals surface area (Å²) in [5, 5.41) is 13.5. The summed E-state index contributed by atoms with van der Waals surface area (Å²) in [7, 11) is 0. The quantitative estimate of drug-likeness (QED) is 0.880. The van der Waals surface area contributed by atoms with Gasteiger partial charge in [-0.1, -0.05) is 42.6 Å². The van der Waals surface area contributed by atoms with E-state index in [0.29, 0.717) is 11.6 Å². The summed E-state index contributed by atoms with van der Waals surface area (Å²) in [5.41, 5.74) is 0.117. The van der Waals surface area contributed by atoms with Gasteiger partial charge in [-0.3, -0.25) is 4.79 Å². The highest BCUT2D eigenvalue weighted by Crippen LogP contribution is 2.28. The summed E-state index contributed by atoms with van der Waals surface area (Å²) in [5.74, 6) is -0.0941. The van der Waals surface area contributed by atoms with Gasteiger partial charge in [-0.25, -0.2) is 0 Å². The number of carbonyl (C=O) groups excluding carboxylic acids is 1. The van der Waals surface area contributed by atoms with Gasteiger partial charge in [-0.2, -0.15) is 0 Å². The summed E-state index contributed by atoms with van der Waals surface area (Å²) in [4.78, 5) is 11.8. The fourth-order valence-corrected chi connectivity index (χ4v) is 2.55. The van der Waals surface area contributed by atoms with E-state index < -0.39 is 5.60 Å². The lowest BCUT2D eigenvalue weighted by atomic mass is 10.0. The Morgan fingerprint density at radius 3 is 2.67 bits per heavy atom. The zero-order chi connectivity index (χ0) is 13.0. The molecule has 3 nitrogen and oxygen atoms in total. The van der Waals surface area contributed by atoms with Gasteiger partial charge in [0.25, 0.3) is 0 Å². The fraction of sp³-hybridized carbons (Fsp3) is 0.500. The van der Waals surface area contributed by atoms with E-state index in [0.717, 1.165) is 31.2 Å². The first kappa shape index (κ1) is 13.4. The van der Waals surface area contributed by atoms with E-state index in [1.807, 2.05) is 18.2 Å². The molecule has 0 radical (unpaired) electrons. The Balaban J connectivity index is 1.84. The van der Waals surface area contributed by atoms with Crippen LogP contribution in [0.4, 0.5) is 0 Å². The molecule has 98 valence electrons. The Bertz CT molecular complexity index is 428. The van der Waals surface area contributed by atoms with Crippen LogP contribution in [0.1, 0.15) is 31.2 Å². The van der Waals surface area contributed by atoms with Crippen molar-refractivity contribution in [3.63, 3.8) is 0 Å². The van der Waals surface area contributed by atoms with Crippen LogP contribution in [0.15, 0.2) is 24.3 Å². The number of halogens is 1. The lowest BCUT2D eigenvalue weighted by Gasteiger charge is -2.22. The Kier molecular flexibility index (Phi) is 4.25. The number of carbonyl (C=O) groups is 1. The maximum atomic E-state index is 11.8. The van der Waals surface area contributed by atoms with E-state index >= 15 is 0 Å². The third-order valence-corrected chi connectivity index (χ3v) is 3.83. The molecule has 0 unspecified atom stereocenters. The van der Waals surface area contributed by atoms with E-state index in [-0.39, 0.29) is 12.3 Å². The van der Waals surface area contributed by atoms with E-state index in [1.165, 1.54) is 0 Å². The molecule has 1 fully saturated rings. The van der Waals surface area contributed by atoms with Crippen LogP contribution < -0.4 is 5.32 Å². The minimum atomic E-state index is -0.698. The van der Waals surface area contributed by atoms with Gasteiger partial charge in [-0.05, 0) is 24.5 Å². The van der Waals surface area contributed by atoms with Crippen molar-refractivity contribution in [3.05, 3.63) is 34.9 Å². The van der Waals surface area contributed by atoms with Gasteiger partial charge >= 0.3 is 0 Å². The molecule has 0 spiro atoms. The smallest absolute Gasteiger partial charge is 0.224 e. The average Bonchev–Trinajstić information content (AvgIpc) is 2.77. The van der Waals surface area contributed by atoms with Crippen LogP contribution in [0.25, 0.3) is 0 Å². The van der Waals surface area contributed by atoms with Gasteiger partial charge in [0.1, 0.15) is 0 Å². The number of benzene rings is 1. The highest BCUT2D eigenvalue weighted by Gasteiger charge is 2.31. The molecular weight excluding hydrogens is 250 g/mol. The maximum absolute atomic E-state index is 11.8. The molecule has 0 bridgehead atoms. The number of amides is 1. The molecule has 4 heteroatoms. The Morgan fingerprint density at radius 1 is 1.33 bits per heavy atom. The van der Waals surface area contributed by atoms with Crippen molar-refractivity contribution >= 4 is 17.5 Å². The fourth-order valence-electron chi connectivity index (χ4n) is 2.35. The monoisotopic (exact) mass is 267 g/mol. The predicted octanol–water partition coefficient (Wildman–Crippen LogP) is 2.30. The summed E-state index contributed by atoms with van der Waals surface area (Å²) in [6.45, 7) is 0.344. The molecule has 1 aliphatic carbocycles. The van der Waals surface area contributed by atoms with Gasteiger partial charge in [0.15, 0.2) is 0 Å². The van der Waals surface area contributed by atoms with E-state index in [1.54, 1.807) is 6.07 Å². The molecular formula is C14H18ClNO2. The maximum Gasteiger partial charge on any atom is 0.224 e. The lowest BCUT2D eigenvalue weighted by Crippen LogP contribution is -2.41. The number of nitrogens with one attached hydrogen (secondary N) is 1. The number of aliphatic hydroxyl groups is 1. The summed E-state index contributed by atoms with van der Waals surface area (Å²) in [6.07, 6.45) is 3.89. The number of hydrogen-bond donors (Lipinski definition) is 2. The minimum Gasteiger partial charge on any atom is -0.388 e. The second kappa shape index (κ2) is 5.72. The summed E-state index contributed by atoms with van der Waals surface area (Å²) >= 11 is 5.99. The first-order valence-corrected chi connectivity index (χ1v) is 6.69. The molecule has 0 aliphatic heterocycles. The highest BCUT2D eigenvalue weighted by molar-refractivity contribution is 6.31. The average molecular weight is 268 g/mol. The van der Waals surface area contributed by atoms with Crippen molar-refractivity contribution in [2.24, 2.45) is 0 Å². The number of hydrogen-bond acceptors (Lipinski definition) is 2. The molecule has 0 atom stereocenters. The van der Waals surface area contributed by atoms with E-state index in [4.69, 9.17) is 11.6 Å². The molecule has 1 saturated carbocycles. The first-order chi connectivity index (χ1) is 8.59. The molecule has 2 N–H and O–H groups in total. The normalized spacial score (nSPS) is 17.7. The molecule has 1 aromatic rings. The van der Waals surface area contributed by atoms with Crippen molar-refractivity contribution in [2.75, 3.05) is 6.54 Å². The molecule has 2 rings (SSSR count). The van der Waals surface area contributed by atoms with Crippen LogP contribution in [0.5, 0.6) is 0 Å². The summed E-state index contributed by atoms with van der Waals surface area (Å²) in [6, 6.07) is 7.31. The molecule has 0 aromatic heterocycles. The molecule has 1 aliphatic rings. The van der Waals surface area contributed by atoms with Gasteiger partial charge < -0.3 is 10.4 Å². The molecule has 18 heavy (non-hydrogen) atoms. The third kappa shape index (κ3) is 3.47. The van der Waals surface area contributed by atoms with E-state index in [9.17, 15) is 9.90 Å². The summed E-state index contributed by atoms with van der Waals surface area (Å²) < 4.78 is 0. The highest BCUT2D eigenvalue weighted by atomic mass is 35.5. The Morgan fingerprint density at radius 2 is 2.00 bits per heavy atom. The molecule has 1 aromatic carbocycles. The Labute approximate surface area is 112 Å². The Hall–Kier alpha value is -1.06. The molecule has 0 saturated heterocycles. The van der Waals surface area contributed by atoms with Gasteiger partial charge in [0.2, 0.25) is 5.91 Å². The lowest BCUT2D eigenvalue weighted by molar-refractivity contribution is -0.121. The van der Waals surface area contributed by atoms with Crippen molar-refractivity contribution < 1.29 is 9.90 Å². The van der Waals surface area contributed by atoms with Crippen molar-refractivity contribution in [1.82, 2.24) is 5.32 Å². The largest absolute Gasteiger partial charge is 0.388 e. The van der Waals surface area contributed by atoms with Crippen molar-refractivity contribution in [3.8, 4) is 0 Å². The topological polar surface area (TPSA) is 49.3 Å². The van der Waals surface area contributed by atoms with Crippen LogP contribution in [0, 0.1) is 0 Å². The predicted molar refractivity (Wildman–Crippen MR) is 71.6 cm³/mol. The van der Waals surface area contributed by atoms with Crippen molar-refractivity contribution in [1.29, 1.82) is 0 Å². The zero-order valence-electron chi connectivity index (χ0n) is 10.3. The van der Waals surface area contributed by atoms with Crippen LogP contribution in [-0.2, 0) is 11.2 Å². The SMILES string of the molecule is O=C(Cc1ccccc1Cl)NCC1(O)CCCC1. The second-order valence-electron chi connectivity index (χ2n) is 4.98. The second-order valence-corrected chi connectivity index (χ2v) is 5.38. The van der Waals surface area contributed by atoms with Crippen LogP contribution in [0.2, 0.25) is 5.02 Å². The van der Waals surface area contributed by atoms with Crippen LogP contribution >= 0.6 is 11.6 Å². The van der Waals surface area contributed by atoms with E-state index in [2.05, 4.69) is 5.32 Å². The van der Waals surface area contributed by atoms with Gasteiger partial charge in [0.05, 0.1) is 12.0 Å². The number of rotatable bonds is 4. The van der Waals surface area contributed by atoms with Crippen LogP contribution in [0.3, 0.4) is 0 Å². The third-order valence-electron chi connectivity index (χ3n) is 3.46.